The van der Waals surface area contributed by atoms with Gasteiger partial charge in [-0.15, -0.1) is 6.42 Å². The Morgan fingerprint density at radius 3 is 2.09 bits per heavy atom. The highest BCUT2D eigenvalue weighted by molar-refractivity contribution is 5.81. The molecule has 0 aliphatic rings. The number of rotatable bonds is 11. The van der Waals surface area contributed by atoms with E-state index in [4.69, 9.17) is 30.1 Å². The molecule has 0 fully saturated rings. The number of methoxy groups -OCH3 is 1. The quantitative estimate of drug-likeness (QED) is 0.125. The Morgan fingerprint density at radius 2 is 1.51 bits per heavy atom. The topological polar surface area (TPSA) is 81.0 Å². The lowest BCUT2D eigenvalue weighted by Crippen LogP contribution is -2.27. The van der Waals surface area contributed by atoms with Crippen LogP contribution in [0.15, 0.2) is 73.1 Å². The molecule has 236 valence electrons. The van der Waals surface area contributed by atoms with Crippen molar-refractivity contribution in [2.24, 2.45) is 0 Å². The smallest absolute Gasteiger partial charge is 0.419 e. The van der Waals surface area contributed by atoms with Gasteiger partial charge in [-0.2, -0.15) is 13.2 Å². The molecule has 0 aliphatic heterocycles. The molecule has 0 unspecified atom stereocenters. The van der Waals surface area contributed by atoms with E-state index in [-0.39, 0.29) is 42.7 Å². The lowest BCUT2D eigenvalue weighted by Gasteiger charge is -2.21. The second kappa shape index (κ2) is 14.2. The van der Waals surface area contributed by atoms with E-state index in [0.29, 0.717) is 18.6 Å². The maximum absolute atomic E-state index is 13.8. The first-order chi connectivity index (χ1) is 21.4. The largest absolute Gasteiger partial charge is 0.497 e. The third kappa shape index (κ3) is 9.27. The average Bonchev–Trinajstić information content (AvgIpc) is 3.46. The van der Waals surface area contributed by atoms with Crippen molar-refractivity contribution in [2.75, 3.05) is 13.7 Å². The van der Waals surface area contributed by atoms with Crippen LogP contribution in [0.4, 0.5) is 18.0 Å². The van der Waals surface area contributed by atoms with Gasteiger partial charge in [0.25, 0.3) is 0 Å². The van der Waals surface area contributed by atoms with Gasteiger partial charge < -0.3 is 23.7 Å². The van der Waals surface area contributed by atoms with E-state index in [1.165, 1.54) is 12.3 Å². The number of carbonyl (C=O) groups is 1. The molecule has 0 radical (unpaired) electrons. The van der Waals surface area contributed by atoms with Gasteiger partial charge in [-0.05, 0) is 55.7 Å². The zero-order valence-corrected chi connectivity index (χ0v) is 25.3. The van der Waals surface area contributed by atoms with Gasteiger partial charge in [-0.3, -0.25) is 4.57 Å². The Kier molecular flexibility index (Phi) is 10.4. The first-order valence-corrected chi connectivity index (χ1v) is 13.9. The van der Waals surface area contributed by atoms with Gasteiger partial charge >= 0.3 is 12.3 Å². The van der Waals surface area contributed by atoms with Crippen molar-refractivity contribution in [3.8, 4) is 41.0 Å². The van der Waals surface area contributed by atoms with Crippen molar-refractivity contribution in [2.45, 2.75) is 52.4 Å². The van der Waals surface area contributed by atoms with Crippen LogP contribution < -0.4 is 14.2 Å². The van der Waals surface area contributed by atoms with Crippen molar-refractivity contribution >= 4 is 6.09 Å². The molecule has 4 aromatic rings. The molecule has 0 amide bonds. The number of aromatic nitrogens is 2. The van der Waals surface area contributed by atoms with Crippen LogP contribution in [-0.2, 0) is 35.5 Å². The molecule has 8 nitrogen and oxygen atoms in total. The van der Waals surface area contributed by atoms with E-state index < -0.39 is 23.4 Å². The standard InChI is InChI=1S/C34H33F3N2O6/c1-6-15-42-20-23-7-9-24(10-8-23)22-44-31-17-30(43-21-25-11-13-27(41-5)14-12-25)28(18-38-31)29-16-26(34(35,36)37)19-39(29)32(40)45-33(2,3)4/h1,7-14,16-19H,15,20-22H2,2-5H3. The third-order valence-electron chi connectivity index (χ3n) is 6.27. The fraction of sp³-hybridized carbons (Fsp3) is 0.294. The van der Waals surface area contributed by atoms with Crippen LogP contribution in [0, 0.1) is 12.3 Å². The van der Waals surface area contributed by atoms with Crippen LogP contribution in [0.5, 0.6) is 17.4 Å². The van der Waals surface area contributed by atoms with Crippen molar-refractivity contribution in [1.82, 2.24) is 9.55 Å². The summed E-state index contributed by atoms with van der Waals surface area (Å²) in [7, 11) is 1.55. The Bertz CT molecular complexity index is 1630. The second-order valence-corrected chi connectivity index (χ2v) is 10.9. The van der Waals surface area contributed by atoms with Crippen LogP contribution in [0.1, 0.15) is 43.0 Å². The van der Waals surface area contributed by atoms with E-state index in [9.17, 15) is 18.0 Å². The van der Waals surface area contributed by atoms with Crippen LogP contribution in [0.25, 0.3) is 11.3 Å². The first kappa shape index (κ1) is 33.0. The molecule has 2 heterocycles. The SMILES string of the molecule is C#CCOCc1ccc(COc2cc(OCc3ccc(OC)cc3)c(-c3cc(C(F)(F)F)cn3C(=O)OC(C)(C)C)cn2)cc1. The fourth-order valence-corrected chi connectivity index (χ4v) is 4.10. The Hall–Kier alpha value is -4.95. The predicted molar refractivity (Wildman–Crippen MR) is 161 cm³/mol. The zero-order valence-electron chi connectivity index (χ0n) is 25.3. The van der Waals surface area contributed by atoms with Crippen LogP contribution >= 0.6 is 0 Å². The molecule has 0 N–H and O–H groups in total. The normalized spacial score (nSPS) is 11.5. The van der Waals surface area contributed by atoms with Crippen molar-refractivity contribution in [3.63, 3.8) is 0 Å². The number of halogens is 3. The van der Waals surface area contributed by atoms with Gasteiger partial charge in [0.2, 0.25) is 5.88 Å². The van der Waals surface area contributed by atoms with Crippen LogP contribution in [0.2, 0.25) is 0 Å². The summed E-state index contributed by atoms with van der Waals surface area (Å²) in [5, 5.41) is 0. The molecule has 4 rings (SSSR count). The fourth-order valence-electron chi connectivity index (χ4n) is 4.10. The minimum atomic E-state index is -4.72. The number of hydrogen-bond donors (Lipinski definition) is 0. The molecule has 0 atom stereocenters. The lowest BCUT2D eigenvalue weighted by molar-refractivity contribution is -0.137. The summed E-state index contributed by atoms with van der Waals surface area (Å²) in [4.78, 5) is 17.3. The van der Waals surface area contributed by atoms with Crippen LogP contribution in [0.3, 0.4) is 0 Å². The van der Waals surface area contributed by atoms with Crippen molar-refractivity contribution < 1.29 is 41.7 Å². The molecule has 2 aromatic carbocycles. The molecule has 2 aromatic heterocycles. The van der Waals surface area contributed by atoms with Gasteiger partial charge in [-0.25, -0.2) is 9.78 Å². The Balaban J connectivity index is 1.66. The summed E-state index contributed by atoms with van der Waals surface area (Å²) in [6.07, 6.45) is 1.51. The number of hydrogen-bond acceptors (Lipinski definition) is 7. The molecule has 0 bridgehead atoms. The Morgan fingerprint density at radius 1 is 0.911 bits per heavy atom. The highest BCUT2D eigenvalue weighted by atomic mass is 19.4. The first-order valence-electron chi connectivity index (χ1n) is 13.9. The van der Waals surface area contributed by atoms with Gasteiger partial charge in [0.15, 0.2) is 0 Å². The van der Waals surface area contributed by atoms with Crippen molar-refractivity contribution in [3.05, 3.63) is 95.3 Å². The van der Waals surface area contributed by atoms with E-state index in [1.807, 2.05) is 24.3 Å². The number of carbonyl (C=O) groups excluding carboxylic acids is 1. The zero-order chi connectivity index (χ0) is 32.6. The highest BCUT2D eigenvalue weighted by Crippen LogP contribution is 2.38. The molecule has 45 heavy (non-hydrogen) atoms. The third-order valence-corrected chi connectivity index (χ3v) is 6.27. The molecular weight excluding hydrogens is 589 g/mol. The summed E-state index contributed by atoms with van der Waals surface area (Å²) in [6.45, 7) is 5.68. The van der Waals surface area contributed by atoms with E-state index in [0.717, 1.165) is 27.3 Å². The van der Waals surface area contributed by atoms with Crippen molar-refractivity contribution in [1.29, 1.82) is 0 Å². The second-order valence-electron chi connectivity index (χ2n) is 10.9. The summed E-state index contributed by atoms with van der Waals surface area (Å²) < 4.78 is 70.1. The number of alkyl halides is 3. The summed E-state index contributed by atoms with van der Waals surface area (Å²) in [5.41, 5.74) is 0.598. The number of terminal acetylenes is 1. The molecule has 0 aliphatic carbocycles. The molecule has 11 heteroatoms. The monoisotopic (exact) mass is 622 g/mol. The number of pyridine rings is 1. The highest BCUT2D eigenvalue weighted by Gasteiger charge is 2.35. The van der Waals surface area contributed by atoms with Gasteiger partial charge in [0, 0.05) is 18.5 Å². The molecular formula is C34H33F3N2O6. The summed E-state index contributed by atoms with van der Waals surface area (Å²) in [6, 6.07) is 17.0. The maximum atomic E-state index is 13.8. The molecule has 0 spiro atoms. The van der Waals surface area contributed by atoms with Crippen LogP contribution in [-0.4, -0.2) is 35.0 Å². The van der Waals surface area contributed by atoms with E-state index in [2.05, 4.69) is 10.9 Å². The van der Waals surface area contributed by atoms with E-state index >= 15 is 0 Å². The lowest BCUT2D eigenvalue weighted by atomic mass is 10.1. The summed E-state index contributed by atoms with van der Waals surface area (Å²) >= 11 is 0. The predicted octanol–water partition coefficient (Wildman–Crippen LogP) is 7.67. The summed E-state index contributed by atoms with van der Waals surface area (Å²) in [5.74, 6) is 3.38. The minimum absolute atomic E-state index is 0.0585. The van der Waals surface area contributed by atoms with E-state index in [1.54, 1.807) is 52.1 Å². The van der Waals surface area contributed by atoms with Gasteiger partial charge in [0.05, 0.1) is 30.5 Å². The molecule has 0 saturated heterocycles. The molecule has 0 saturated carbocycles. The Labute approximate surface area is 259 Å². The average molecular weight is 623 g/mol. The minimum Gasteiger partial charge on any atom is -0.497 e. The number of ether oxygens (including phenoxy) is 5. The van der Waals surface area contributed by atoms with Gasteiger partial charge in [-0.1, -0.05) is 42.3 Å². The number of benzene rings is 2. The van der Waals surface area contributed by atoms with Gasteiger partial charge in [0.1, 0.15) is 36.9 Å². The number of nitrogens with zero attached hydrogens (tertiary/aromatic N) is 2. The maximum Gasteiger partial charge on any atom is 0.419 e.